The summed E-state index contributed by atoms with van der Waals surface area (Å²) >= 11 is 0. The van der Waals surface area contributed by atoms with Gasteiger partial charge in [-0.15, -0.1) is 0 Å². The summed E-state index contributed by atoms with van der Waals surface area (Å²) in [6.45, 7) is 0. The number of hydrogen-bond donors (Lipinski definition) is 0. The minimum atomic E-state index is 0.348. The second kappa shape index (κ2) is 18.1. The summed E-state index contributed by atoms with van der Waals surface area (Å²) < 4.78 is 23.1. The average molecular weight is 1120 g/mol. The highest BCUT2D eigenvalue weighted by atomic mass is 16.3. The molecule has 13 aromatic carbocycles. The van der Waals surface area contributed by atoms with E-state index in [9.17, 15) is 10.5 Å². The maximum Gasteiger partial charge on any atom is 0.145 e. The lowest BCUT2D eigenvalue weighted by Crippen LogP contribution is -2.07. The second-order valence-electron chi connectivity index (χ2n) is 23.0. The van der Waals surface area contributed by atoms with Crippen LogP contribution >= 0.6 is 0 Å². The van der Waals surface area contributed by atoms with Gasteiger partial charge in [-0.1, -0.05) is 133 Å². The van der Waals surface area contributed by atoms with Crippen LogP contribution in [-0.2, 0) is 0 Å². The van der Waals surface area contributed by atoms with Gasteiger partial charge in [-0.3, -0.25) is 0 Å². The van der Waals surface area contributed by atoms with Crippen molar-refractivity contribution in [3.8, 4) is 57.1 Å². The molecule has 0 fully saturated rings. The molecule has 6 aromatic heterocycles. The van der Waals surface area contributed by atoms with E-state index in [1.165, 1.54) is 10.8 Å². The lowest BCUT2D eigenvalue weighted by atomic mass is 10.00. The topological polar surface area (TPSA) is 93.6 Å². The molecule has 0 bridgehead atoms. The van der Waals surface area contributed by atoms with Crippen LogP contribution < -0.4 is 0 Å². The number of benzene rings is 13. The lowest BCUT2D eigenvalue weighted by Gasteiger charge is -2.19. The van der Waals surface area contributed by atoms with Crippen LogP contribution in [0.5, 0.6) is 0 Å². The number of furan rings is 2. The van der Waals surface area contributed by atoms with Crippen molar-refractivity contribution in [2.75, 3.05) is 0 Å². The molecular weight excluding hydrogens is 1080 g/mol. The van der Waals surface area contributed by atoms with E-state index < -0.39 is 0 Å². The van der Waals surface area contributed by atoms with Crippen LogP contribution in [0.25, 0.3) is 176 Å². The van der Waals surface area contributed by atoms with Gasteiger partial charge in [0.05, 0.1) is 83.5 Å². The highest BCUT2D eigenvalue weighted by molar-refractivity contribution is 6.27. The Bertz CT molecular complexity index is 6330. The first-order valence-electron chi connectivity index (χ1n) is 29.5. The van der Waals surface area contributed by atoms with Gasteiger partial charge in [-0.2, -0.15) is 10.5 Å². The Hall–Kier alpha value is -12.4. The minimum absolute atomic E-state index is 0.348. The molecule has 6 heterocycles. The number of fused-ring (bicyclic) bond motifs is 20. The molecule has 0 unspecified atom stereocenters. The maximum absolute atomic E-state index is 11.6. The predicted octanol–water partition coefficient (Wildman–Crippen LogP) is 21.0. The Morgan fingerprint density at radius 2 is 0.659 bits per heavy atom. The Labute approximate surface area is 501 Å². The summed E-state index contributed by atoms with van der Waals surface area (Å²) in [6, 6.07) is 98.9. The largest absolute Gasteiger partial charge is 0.455 e. The van der Waals surface area contributed by atoms with Gasteiger partial charge in [0.25, 0.3) is 0 Å². The van der Waals surface area contributed by atoms with Gasteiger partial charge in [0.15, 0.2) is 0 Å². The van der Waals surface area contributed by atoms with Crippen molar-refractivity contribution in [1.82, 2.24) is 18.3 Å². The molecule has 0 amide bonds. The second-order valence-corrected chi connectivity index (χ2v) is 23.0. The number of aromatic nitrogens is 4. The van der Waals surface area contributed by atoms with Crippen LogP contribution in [0.4, 0.5) is 0 Å². The van der Waals surface area contributed by atoms with Crippen molar-refractivity contribution >= 4 is 131 Å². The molecule has 19 aromatic rings. The monoisotopic (exact) mass is 1120 g/mol. The summed E-state index contributed by atoms with van der Waals surface area (Å²) in [5.41, 5.74) is 19.6. The molecule has 0 aliphatic heterocycles. The molecular formula is C80H44N6O2. The third-order valence-corrected chi connectivity index (χ3v) is 18.4. The number of nitrogens with zero attached hydrogens (tertiary/aromatic N) is 6. The van der Waals surface area contributed by atoms with Gasteiger partial charge < -0.3 is 27.1 Å². The molecule has 8 heteroatoms. The Kier molecular flexibility index (Phi) is 9.87. The van der Waals surface area contributed by atoms with Gasteiger partial charge in [0.2, 0.25) is 0 Å². The van der Waals surface area contributed by atoms with Crippen LogP contribution in [-0.4, -0.2) is 18.3 Å². The Balaban J connectivity index is 0.878. The van der Waals surface area contributed by atoms with E-state index in [1.807, 2.05) is 36.4 Å². The first-order valence-corrected chi connectivity index (χ1v) is 29.5. The maximum atomic E-state index is 11.6. The van der Waals surface area contributed by atoms with Gasteiger partial charge in [-0.25, -0.2) is 0 Å². The quantitative estimate of drug-likeness (QED) is 0.166. The van der Waals surface area contributed by atoms with E-state index in [1.54, 1.807) is 6.07 Å². The van der Waals surface area contributed by atoms with Crippen LogP contribution in [0.15, 0.2) is 276 Å². The number of rotatable bonds is 6. The lowest BCUT2D eigenvalue weighted by molar-refractivity contribution is 0.672. The third kappa shape index (κ3) is 6.65. The highest BCUT2D eigenvalue weighted by Crippen LogP contribution is 2.48. The molecule has 406 valence electrons. The predicted molar refractivity (Wildman–Crippen MR) is 359 cm³/mol. The van der Waals surface area contributed by atoms with Crippen LogP contribution in [0.2, 0.25) is 0 Å². The normalized spacial score (nSPS) is 12.1. The van der Waals surface area contributed by atoms with Crippen molar-refractivity contribution in [3.63, 3.8) is 0 Å². The molecule has 19 rings (SSSR count). The molecule has 0 aliphatic rings. The SMILES string of the molecule is N#Cc1cc(C#N)c(-n2c3ccc(-c4ccc5c(c4)c4ccccc4n5-c4ccccc4)cc3c3c4oc5ccccc5c4ccc32)c(-n2c3ccc(-c4ccc5c(c4)c4ccccc4n5-c4ccccc4)cc3c3c4oc5ccccc5c4ccc32)c1. The Morgan fingerprint density at radius 1 is 0.273 bits per heavy atom. The molecule has 0 saturated carbocycles. The Morgan fingerprint density at radius 3 is 1.14 bits per heavy atom. The fraction of sp³-hybridized carbons (Fsp3) is 0. The average Bonchev–Trinajstić information content (AvgIpc) is 1.58. The smallest absolute Gasteiger partial charge is 0.145 e. The van der Waals surface area contributed by atoms with Gasteiger partial charge >= 0.3 is 0 Å². The standard InChI is InChI=1S/C80H44N6O2/c81-45-47-39-52(46-82)78(86-70-36-30-51(44-64(70)77-72(86)38-32-60-58-22-10-14-26-75(58)88-80(60)77)49-28-34-68-62(42-49)56-20-8-12-24-66(56)84(68)54-17-5-2-6-18-54)73(40-47)85-69-35-29-50(43-63(69)76-71(85)37-31-59-57-21-9-13-25-74(57)87-79(59)76)48-27-33-67-61(41-48)55-19-7-11-23-65(55)83(67)53-15-3-1-4-16-53/h1-44H. The molecule has 0 atom stereocenters. The zero-order chi connectivity index (χ0) is 57.9. The van der Waals surface area contributed by atoms with Gasteiger partial charge in [0, 0.05) is 65.2 Å². The third-order valence-electron chi connectivity index (χ3n) is 18.4. The van der Waals surface area contributed by atoms with E-state index in [0.717, 1.165) is 154 Å². The number of para-hydroxylation sites is 6. The molecule has 8 nitrogen and oxygen atoms in total. The summed E-state index contributed by atoms with van der Waals surface area (Å²) in [6.07, 6.45) is 0. The summed E-state index contributed by atoms with van der Waals surface area (Å²) in [7, 11) is 0. The van der Waals surface area contributed by atoms with Gasteiger partial charge in [-0.05, 0) is 156 Å². The molecule has 0 saturated heterocycles. The van der Waals surface area contributed by atoms with E-state index in [-0.39, 0.29) is 0 Å². The fourth-order valence-electron chi connectivity index (χ4n) is 14.6. The van der Waals surface area contributed by atoms with E-state index in [0.29, 0.717) is 22.5 Å². The zero-order valence-corrected chi connectivity index (χ0v) is 46.9. The fourth-order valence-corrected chi connectivity index (χ4v) is 14.6. The highest BCUT2D eigenvalue weighted by Gasteiger charge is 2.28. The number of nitriles is 2. The van der Waals surface area contributed by atoms with Crippen molar-refractivity contribution in [2.45, 2.75) is 0 Å². The molecule has 0 radical (unpaired) electrons. The molecule has 0 aliphatic carbocycles. The molecule has 88 heavy (non-hydrogen) atoms. The van der Waals surface area contributed by atoms with Crippen molar-refractivity contribution in [2.24, 2.45) is 0 Å². The zero-order valence-electron chi connectivity index (χ0n) is 46.9. The molecule has 0 spiro atoms. The minimum Gasteiger partial charge on any atom is -0.455 e. The van der Waals surface area contributed by atoms with E-state index in [4.69, 9.17) is 8.83 Å². The van der Waals surface area contributed by atoms with E-state index >= 15 is 0 Å². The van der Waals surface area contributed by atoms with E-state index in [2.05, 4.69) is 255 Å². The summed E-state index contributed by atoms with van der Waals surface area (Å²) in [5, 5.41) is 35.1. The van der Waals surface area contributed by atoms with Crippen LogP contribution in [0.3, 0.4) is 0 Å². The van der Waals surface area contributed by atoms with Gasteiger partial charge in [0.1, 0.15) is 28.4 Å². The van der Waals surface area contributed by atoms with Crippen LogP contribution in [0.1, 0.15) is 11.1 Å². The first kappa shape index (κ1) is 48.1. The number of hydrogen-bond acceptors (Lipinski definition) is 4. The summed E-state index contributed by atoms with van der Waals surface area (Å²) in [5.74, 6) is 0. The van der Waals surface area contributed by atoms with Crippen molar-refractivity contribution in [1.29, 1.82) is 10.5 Å². The van der Waals surface area contributed by atoms with Crippen molar-refractivity contribution < 1.29 is 8.83 Å². The molecule has 0 N–H and O–H groups in total. The van der Waals surface area contributed by atoms with Crippen molar-refractivity contribution in [3.05, 3.63) is 278 Å². The van der Waals surface area contributed by atoms with Crippen LogP contribution in [0, 0.1) is 22.7 Å². The summed E-state index contributed by atoms with van der Waals surface area (Å²) in [4.78, 5) is 0. The first-order chi connectivity index (χ1) is 43.6.